The molecule has 0 aliphatic carbocycles. The first-order valence-electron chi connectivity index (χ1n) is 13.4. The molecule has 0 unspecified atom stereocenters. The average molecular weight is 538 g/mol. The van der Waals surface area contributed by atoms with Crippen molar-refractivity contribution >= 4 is 29.1 Å². The van der Waals surface area contributed by atoms with Crippen molar-refractivity contribution in [2.45, 2.75) is 6.42 Å². The molecule has 204 valence electrons. The summed E-state index contributed by atoms with van der Waals surface area (Å²) >= 11 is 0. The highest BCUT2D eigenvalue weighted by atomic mass is 16.2. The van der Waals surface area contributed by atoms with E-state index in [0.717, 1.165) is 25.2 Å². The summed E-state index contributed by atoms with van der Waals surface area (Å²) in [6, 6.07) is 17.4. The molecule has 0 radical (unpaired) electrons. The molecule has 0 saturated carbocycles. The van der Waals surface area contributed by atoms with Gasteiger partial charge in [-0.25, -0.2) is 0 Å². The Morgan fingerprint density at radius 3 is 2.27 bits per heavy atom. The summed E-state index contributed by atoms with van der Waals surface area (Å²) in [5.74, 6) is -0.465. The molecule has 2 aliphatic heterocycles. The van der Waals surface area contributed by atoms with Crippen LogP contribution in [0.2, 0.25) is 0 Å². The van der Waals surface area contributed by atoms with Crippen LogP contribution in [0.25, 0.3) is 0 Å². The zero-order valence-corrected chi connectivity index (χ0v) is 22.2. The summed E-state index contributed by atoms with van der Waals surface area (Å²) in [5.41, 5.74) is 3.26. The molecule has 2 N–H and O–H groups in total. The second-order valence-corrected chi connectivity index (χ2v) is 9.79. The van der Waals surface area contributed by atoms with Crippen LogP contribution in [0, 0.1) is 11.3 Å². The Hall–Kier alpha value is -4.75. The average Bonchev–Trinajstić information content (AvgIpc) is 3.27. The zero-order chi connectivity index (χ0) is 27.9. The third kappa shape index (κ3) is 6.11. The number of rotatable bonds is 5. The zero-order valence-electron chi connectivity index (χ0n) is 22.2. The minimum absolute atomic E-state index is 0.0544. The number of benzene rings is 2. The van der Waals surface area contributed by atoms with Crippen LogP contribution < -0.4 is 15.5 Å². The second-order valence-electron chi connectivity index (χ2n) is 9.79. The van der Waals surface area contributed by atoms with Crippen LogP contribution >= 0.6 is 0 Å². The number of nitrogens with zero attached hydrogens (tertiary/aromatic N) is 5. The fraction of sp³-hybridized carbons (Fsp3) is 0.300. The number of anilines is 2. The first kappa shape index (κ1) is 26.8. The fourth-order valence-corrected chi connectivity index (χ4v) is 5.02. The van der Waals surface area contributed by atoms with Crippen molar-refractivity contribution in [2.75, 3.05) is 62.6 Å². The Kier molecular flexibility index (Phi) is 8.32. The fourth-order valence-electron chi connectivity index (χ4n) is 5.02. The third-order valence-electron chi connectivity index (χ3n) is 7.20. The minimum atomic E-state index is -0.333. The predicted molar refractivity (Wildman–Crippen MR) is 151 cm³/mol. The van der Waals surface area contributed by atoms with E-state index in [1.165, 1.54) is 0 Å². The van der Waals surface area contributed by atoms with Crippen LogP contribution in [0.5, 0.6) is 0 Å². The Balaban J connectivity index is 1.39. The third-order valence-corrected chi connectivity index (χ3v) is 7.20. The molecule has 10 nitrogen and oxygen atoms in total. The number of pyridine rings is 1. The number of piperazine rings is 1. The minimum Gasteiger partial charge on any atom is -0.368 e. The van der Waals surface area contributed by atoms with Crippen LogP contribution in [0.4, 0.5) is 11.4 Å². The maximum Gasteiger partial charge on any atom is 0.255 e. The molecule has 3 heterocycles. The van der Waals surface area contributed by atoms with E-state index in [2.05, 4.69) is 26.6 Å². The summed E-state index contributed by atoms with van der Waals surface area (Å²) in [6.45, 7) is 5.11. The molecule has 2 fully saturated rings. The molecule has 2 saturated heterocycles. The van der Waals surface area contributed by atoms with E-state index in [1.807, 2.05) is 15.9 Å². The summed E-state index contributed by atoms with van der Waals surface area (Å²) < 4.78 is 0. The number of aromatic nitrogens is 1. The van der Waals surface area contributed by atoms with Gasteiger partial charge in [0, 0.05) is 75.9 Å². The van der Waals surface area contributed by atoms with Crippen molar-refractivity contribution < 1.29 is 14.4 Å². The molecule has 0 bridgehead atoms. The van der Waals surface area contributed by atoms with Crippen LogP contribution in [0.15, 0.2) is 67.0 Å². The lowest BCUT2D eigenvalue weighted by Crippen LogP contribution is -2.46. The maximum absolute atomic E-state index is 13.3. The van der Waals surface area contributed by atoms with Crippen molar-refractivity contribution in [3.63, 3.8) is 0 Å². The summed E-state index contributed by atoms with van der Waals surface area (Å²) in [7, 11) is 0. The number of hydrogen-bond donors (Lipinski definition) is 2. The van der Waals surface area contributed by atoms with Gasteiger partial charge in [-0.05, 0) is 61.0 Å². The van der Waals surface area contributed by atoms with E-state index in [4.69, 9.17) is 5.26 Å². The van der Waals surface area contributed by atoms with Gasteiger partial charge in [0.05, 0.1) is 28.6 Å². The van der Waals surface area contributed by atoms with Gasteiger partial charge in [-0.3, -0.25) is 19.4 Å². The van der Waals surface area contributed by atoms with Crippen LogP contribution in [0.1, 0.15) is 43.1 Å². The van der Waals surface area contributed by atoms with Crippen molar-refractivity contribution in [3.05, 3.63) is 89.2 Å². The van der Waals surface area contributed by atoms with Gasteiger partial charge >= 0.3 is 0 Å². The lowest BCUT2D eigenvalue weighted by atomic mass is 10.1. The quantitative estimate of drug-likeness (QED) is 0.513. The molecule has 5 rings (SSSR count). The van der Waals surface area contributed by atoms with E-state index < -0.39 is 0 Å². The largest absolute Gasteiger partial charge is 0.368 e. The topological polar surface area (TPSA) is 122 Å². The number of hydrogen-bond acceptors (Lipinski definition) is 7. The number of amides is 3. The van der Waals surface area contributed by atoms with E-state index in [-0.39, 0.29) is 17.7 Å². The van der Waals surface area contributed by atoms with Gasteiger partial charge in [-0.15, -0.1) is 0 Å². The molecule has 10 heteroatoms. The van der Waals surface area contributed by atoms with Gasteiger partial charge in [0.2, 0.25) is 0 Å². The van der Waals surface area contributed by atoms with E-state index in [0.29, 0.717) is 67.2 Å². The second kappa shape index (κ2) is 12.4. The highest BCUT2D eigenvalue weighted by Crippen LogP contribution is 2.30. The SMILES string of the molecule is N#Cc1ccc(C(=O)Nc2cc(C(=O)N3CCNCC3)ccc2N2CCCN(C(=O)c3cccnc3)CC2)cc1. The molecule has 3 amide bonds. The highest BCUT2D eigenvalue weighted by Gasteiger charge is 2.24. The molecule has 3 aromatic rings. The standard InChI is InChI=1S/C30H31N7O3/c31-20-22-4-6-23(7-5-22)28(38)34-26-19-24(29(39)37-15-11-32-12-16-37)8-9-27(26)35-13-2-14-36(18-17-35)30(40)25-3-1-10-33-21-25/h1,3-10,19,21,32H,2,11-18H2,(H,34,38). The lowest BCUT2D eigenvalue weighted by molar-refractivity contribution is 0.0734. The monoisotopic (exact) mass is 537 g/mol. The maximum atomic E-state index is 13.3. The Bertz CT molecular complexity index is 1410. The normalized spacial score (nSPS) is 15.6. The van der Waals surface area contributed by atoms with E-state index in [9.17, 15) is 14.4 Å². The summed E-state index contributed by atoms with van der Waals surface area (Å²) in [4.78, 5) is 49.4. The van der Waals surface area contributed by atoms with Gasteiger partial charge in [0.15, 0.2) is 0 Å². The summed E-state index contributed by atoms with van der Waals surface area (Å²) in [6.07, 6.45) is 3.97. The van der Waals surface area contributed by atoms with Gasteiger partial charge in [0.25, 0.3) is 17.7 Å². The Morgan fingerprint density at radius 2 is 1.55 bits per heavy atom. The smallest absolute Gasteiger partial charge is 0.255 e. The van der Waals surface area contributed by atoms with Crippen LogP contribution in [-0.2, 0) is 0 Å². The molecular formula is C30H31N7O3. The number of nitrogens with one attached hydrogen (secondary N) is 2. The molecule has 0 atom stereocenters. The van der Waals surface area contributed by atoms with Gasteiger partial charge in [0.1, 0.15) is 0 Å². The molecule has 2 aliphatic rings. The lowest BCUT2D eigenvalue weighted by Gasteiger charge is -2.29. The van der Waals surface area contributed by atoms with Crippen molar-refractivity contribution in [3.8, 4) is 6.07 Å². The van der Waals surface area contributed by atoms with Crippen molar-refractivity contribution in [1.82, 2.24) is 20.1 Å². The molecule has 0 spiro atoms. The first-order valence-corrected chi connectivity index (χ1v) is 13.4. The summed E-state index contributed by atoms with van der Waals surface area (Å²) in [5, 5.41) is 15.4. The number of nitriles is 1. The number of carbonyl (C=O) groups is 3. The Morgan fingerprint density at radius 1 is 0.825 bits per heavy atom. The molecular weight excluding hydrogens is 506 g/mol. The van der Waals surface area contributed by atoms with Gasteiger partial charge in [-0.2, -0.15) is 5.26 Å². The predicted octanol–water partition coefficient (Wildman–Crippen LogP) is 2.60. The van der Waals surface area contributed by atoms with Crippen molar-refractivity contribution in [2.24, 2.45) is 0 Å². The van der Waals surface area contributed by atoms with E-state index >= 15 is 0 Å². The highest BCUT2D eigenvalue weighted by molar-refractivity contribution is 6.07. The van der Waals surface area contributed by atoms with Crippen molar-refractivity contribution in [1.29, 1.82) is 5.26 Å². The molecule has 40 heavy (non-hydrogen) atoms. The van der Waals surface area contributed by atoms with E-state index in [1.54, 1.807) is 60.9 Å². The Labute approximate surface area is 233 Å². The number of carbonyl (C=O) groups excluding carboxylic acids is 3. The van der Waals surface area contributed by atoms with Crippen LogP contribution in [0.3, 0.4) is 0 Å². The molecule has 2 aromatic carbocycles. The molecule has 1 aromatic heterocycles. The van der Waals surface area contributed by atoms with Gasteiger partial charge < -0.3 is 25.3 Å². The van der Waals surface area contributed by atoms with Gasteiger partial charge in [-0.1, -0.05) is 0 Å². The first-order chi connectivity index (χ1) is 19.5. The van der Waals surface area contributed by atoms with Crippen LogP contribution in [-0.4, -0.2) is 84.9 Å².